The summed E-state index contributed by atoms with van der Waals surface area (Å²) < 4.78 is 32.1. The molecule has 0 aliphatic carbocycles. The summed E-state index contributed by atoms with van der Waals surface area (Å²) in [6.45, 7) is -0.0509. The van der Waals surface area contributed by atoms with Crippen LogP contribution in [-0.4, -0.2) is 11.1 Å². The van der Waals surface area contributed by atoms with Gasteiger partial charge in [-0.05, 0) is 35.4 Å². The van der Waals surface area contributed by atoms with E-state index < -0.39 is 23.5 Å². The van der Waals surface area contributed by atoms with Gasteiger partial charge in [0.25, 0.3) is 5.91 Å². The molecule has 138 valence electrons. The van der Waals surface area contributed by atoms with Crippen molar-refractivity contribution in [2.24, 2.45) is 0 Å². The maximum Gasteiger partial charge on any atom is 0.255 e. The van der Waals surface area contributed by atoms with Crippen molar-refractivity contribution in [1.29, 1.82) is 0 Å². The second-order valence-corrected chi connectivity index (χ2v) is 5.91. The van der Waals surface area contributed by atoms with E-state index in [1.54, 1.807) is 41.9 Å². The van der Waals surface area contributed by atoms with Gasteiger partial charge in [0, 0.05) is 11.6 Å². The van der Waals surface area contributed by atoms with Crippen molar-refractivity contribution >= 4 is 5.91 Å². The SMILES string of the molecule is O=C(NO)C(c1ccccc1)c1ccc(OCc2ccc(F)cc2F)cc1. The number of hydroxylamine groups is 1. The quantitative estimate of drug-likeness (QED) is 0.506. The highest BCUT2D eigenvalue weighted by molar-refractivity contribution is 5.86. The lowest BCUT2D eigenvalue weighted by atomic mass is 9.91. The highest BCUT2D eigenvalue weighted by atomic mass is 19.1. The van der Waals surface area contributed by atoms with Crippen molar-refractivity contribution in [3.8, 4) is 5.75 Å². The molecule has 27 heavy (non-hydrogen) atoms. The first kappa shape index (κ1) is 18.5. The van der Waals surface area contributed by atoms with E-state index in [2.05, 4.69) is 0 Å². The van der Waals surface area contributed by atoms with E-state index in [9.17, 15) is 13.6 Å². The van der Waals surface area contributed by atoms with Crippen molar-refractivity contribution in [3.63, 3.8) is 0 Å². The van der Waals surface area contributed by atoms with Crippen molar-refractivity contribution in [3.05, 3.63) is 101 Å². The third-order valence-electron chi connectivity index (χ3n) is 4.13. The maximum absolute atomic E-state index is 13.7. The third-order valence-corrected chi connectivity index (χ3v) is 4.13. The number of carbonyl (C=O) groups excluding carboxylic acids is 1. The third kappa shape index (κ3) is 4.48. The molecule has 0 heterocycles. The molecule has 3 aromatic carbocycles. The lowest BCUT2D eigenvalue weighted by Gasteiger charge is -2.16. The predicted octanol–water partition coefficient (Wildman–Crippen LogP) is 4.18. The molecule has 0 aliphatic rings. The molecule has 0 spiro atoms. The molecule has 6 heteroatoms. The van der Waals surface area contributed by atoms with E-state index in [4.69, 9.17) is 9.94 Å². The Hall–Kier alpha value is -3.25. The summed E-state index contributed by atoms with van der Waals surface area (Å²) in [5, 5.41) is 9.05. The van der Waals surface area contributed by atoms with Crippen molar-refractivity contribution < 1.29 is 23.5 Å². The van der Waals surface area contributed by atoms with Crippen LogP contribution in [0, 0.1) is 11.6 Å². The number of hydrogen-bond acceptors (Lipinski definition) is 3. The van der Waals surface area contributed by atoms with Crippen LogP contribution >= 0.6 is 0 Å². The number of rotatable bonds is 6. The van der Waals surface area contributed by atoms with Crippen LogP contribution in [0.3, 0.4) is 0 Å². The highest BCUT2D eigenvalue weighted by Gasteiger charge is 2.22. The zero-order valence-electron chi connectivity index (χ0n) is 14.2. The number of nitrogens with one attached hydrogen (secondary N) is 1. The molecule has 0 aliphatic heterocycles. The lowest BCUT2D eigenvalue weighted by Crippen LogP contribution is -2.27. The summed E-state index contributed by atoms with van der Waals surface area (Å²) in [6.07, 6.45) is 0. The summed E-state index contributed by atoms with van der Waals surface area (Å²) in [7, 11) is 0. The van der Waals surface area contributed by atoms with E-state index in [0.717, 1.165) is 11.6 Å². The van der Waals surface area contributed by atoms with Gasteiger partial charge in [0.05, 0.1) is 5.92 Å². The van der Waals surface area contributed by atoms with Crippen LogP contribution in [0.15, 0.2) is 72.8 Å². The molecule has 3 rings (SSSR count). The number of ether oxygens (including phenoxy) is 1. The van der Waals surface area contributed by atoms with Gasteiger partial charge in [-0.15, -0.1) is 0 Å². The van der Waals surface area contributed by atoms with Gasteiger partial charge in [0.1, 0.15) is 24.0 Å². The Kier molecular flexibility index (Phi) is 5.78. The fraction of sp³-hybridized carbons (Fsp3) is 0.0952. The second-order valence-electron chi connectivity index (χ2n) is 5.91. The predicted molar refractivity (Wildman–Crippen MR) is 95.3 cm³/mol. The molecular formula is C21H17F2NO3. The van der Waals surface area contributed by atoms with E-state index in [-0.39, 0.29) is 12.2 Å². The number of benzene rings is 3. The Balaban J connectivity index is 1.76. The number of carbonyl (C=O) groups is 1. The zero-order valence-corrected chi connectivity index (χ0v) is 14.2. The van der Waals surface area contributed by atoms with Gasteiger partial charge in [-0.2, -0.15) is 0 Å². The molecular weight excluding hydrogens is 352 g/mol. The summed E-state index contributed by atoms with van der Waals surface area (Å²) in [4.78, 5) is 12.1. The van der Waals surface area contributed by atoms with Gasteiger partial charge in [0.2, 0.25) is 0 Å². The first-order valence-electron chi connectivity index (χ1n) is 8.24. The molecule has 2 N–H and O–H groups in total. The van der Waals surface area contributed by atoms with Crippen LogP contribution in [0.1, 0.15) is 22.6 Å². The summed E-state index contributed by atoms with van der Waals surface area (Å²) in [6, 6.07) is 19.0. The Morgan fingerprint density at radius 2 is 1.63 bits per heavy atom. The second kappa shape index (κ2) is 8.42. The van der Waals surface area contributed by atoms with E-state index in [0.29, 0.717) is 11.3 Å². The van der Waals surface area contributed by atoms with Crippen LogP contribution < -0.4 is 10.2 Å². The largest absolute Gasteiger partial charge is 0.489 e. The van der Waals surface area contributed by atoms with Crippen LogP contribution in [0.2, 0.25) is 0 Å². The molecule has 0 saturated carbocycles. The minimum absolute atomic E-state index is 0.0509. The Labute approximate surface area is 155 Å². The number of hydrogen-bond donors (Lipinski definition) is 2. The zero-order chi connectivity index (χ0) is 19.2. The van der Waals surface area contributed by atoms with Crippen LogP contribution in [0.5, 0.6) is 5.75 Å². The Bertz CT molecular complexity index is 914. The highest BCUT2D eigenvalue weighted by Crippen LogP contribution is 2.27. The first-order valence-corrected chi connectivity index (χ1v) is 8.24. The normalized spacial score (nSPS) is 11.7. The fourth-order valence-electron chi connectivity index (χ4n) is 2.76. The standard InChI is InChI=1S/C21H17F2NO3/c22-17-9-6-16(19(23)12-17)13-27-18-10-7-15(8-11-18)20(21(25)24-26)14-4-2-1-3-5-14/h1-12,20,26H,13H2,(H,24,25). The average molecular weight is 369 g/mol. The Morgan fingerprint density at radius 3 is 2.26 bits per heavy atom. The van der Waals surface area contributed by atoms with Gasteiger partial charge in [-0.25, -0.2) is 14.3 Å². The van der Waals surface area contributed by atoms with Crippen molar-refractivity contribution in [2.75, 3.05) is 0 Å². The van der Waals surface area contributed by atoms with Crippen molar-refractivity contribution in [1.82, 2.24) is 5.48 Å². The molecule has 1 atom stereocenters. The average Bonchev–Trinajstić information content (AvgIpc) is 2.69. The first-order chi connectivity index (χ1) is 13.1. The van der Waals surface area contributed by atoms with Crippen LogP contribution in [-0.2, 0) is 11.4 Å². The smallest absolute Gasteiger partial charge is 0.255 e. The monoisotopic (exact) mass is 369 g/mol. The molecule has 0 aromatic heterocycles. The lowest BCUT2D eigenvalue weighted by molar-refractivity contribution is -0.129. The van der Waals surface area contributed by atoms with Gasteiger partial charge in [-0.3, -0.25) is 10.0 Å². The topological polar surface area (TPSA) is 58.6 Å². The molecule has 3 aromatic rings. The summed E-state index contributed by atoms with van der Waals surface area (Å²) >= 11 is 0. The molecule has 1 amide bonds. The van der Waals surface area contributed by atoms with Gasteiger partial charge in [0.15, 0.2) is 0 Å². The van der Waals surface area contributed by atoms with E-state index in [1.807, 2.05) is 18.2 Å². The summed E-state index contributed by atoms with van der Waals surface area (Å²) in [5.41, 5.74) is 3.32. The fourth-order valence-corrected chi connectivity index (χ4v) is 2.76. The van der Waals surface area contributed by atoms with Crippen molar-refractivity contribution in [2.45, 2.75) is 12.5 Å². The molecule has 0 fully saturated rings. The van der Waals surface area contributed by atoms with Gasteiger partial charge < -0.3 is 4.74 Å². The molecule has 1 unspecified atom stereocenters. The molecule has 0 radical (unpaired) electrons. The number of halogens is 2. The van der Waals surface area contributed by atoms with Gasteiger partial charge in [-0.1, -0.05) is 42.5 Å². The number of amides is 1. The van der Waals surface area contributed by atoms with E-state index >= 15 is 0 Å². The van der Waals surface area contributed by atoms with Gasteiger partial charge >= 0.3 is 0 Å². The maximum atomic E-state index is 13.7. The Morgan fingerprint density at radius 1 is 0.963 bits per heavy atom. The van der Waals surface area contributed by atoms with Crippen LogP contribution in [0.25, 0.3) is 0 Å². The summed E-state index contributed by atoms with van der Waals surface area (Å²) in [5.74, 6) is -2.08. The molecule has 0 bridgehead atoms. The van der Waals surface area contributed by atoms with E-state index in [1.165, 1.54) is 12.1 Å². The van der Waals surface area contributed by atoms with Crippen LogP contribution in [0.4, 0.5) is 8.78 Å². The molecule has 0 saturated heterocycles. The minimum atomic E-state index is -0.681. The molecule has 4 nitrogen and oxygen atoms in total. The minimum Gasteiger partial charge on any atom is -0.489 e.